The molecule has 0 aliphatic carbocycles. The number of nitrogens with two attached hydrogens (primary N) is 1. The van der Waals surface area contributed by atoms with Crippen LogP contribution < -0.4 is 11.3 Å². The fourth-order valence-electron chi connectivity index (χ4n) is 3.28. The third-order valence-corrected chi connectivity index (χ3v) is 7.07. The quantitative estimate of drug-likeness (QED) is 0.356. The first kappa shape index (κ1) is 19.8. The number of aromatic nitrogens is 4. The Bertz CT molecular complexity index is 1260. The third kappa shape index (κ3) is 3.74. The van der Waals surface area contributed by atoms with Gasteiger partial charge in [-0.2, -0.15) is 0 Å². The van der Waals surface area contributed by atoms with Crippen LogP contribution in [-0.4, -0.2) is 19.5 Å². The summed E-state index contributed by atoms with van der Waals surface area (Å²) in [6, 6.07) is 7.71. The Morgan fingerprint density at radius 1 is 1.17 bits per heavy atom. The predicted octanol–water partition coefficient (Wildman–Crippen LogP) is 4.69. The van der Waals surface area contributed by atoms with Gasteiger partial charge in [-0.15, -0.1) is 11.3 Å². The third-order valence-electron chi connectivity index (χ3n) is 5.00. The molecule has 8 heteroatoms. The zero-order valence-electron chi connectivity index (χ0n) is 16.7. The number of aryl methyl sites for hydroxylation is 2. The number of thioether (sulfide) groups is 1. The number of benzene rings is 1. The summed E-state index contributed by atoms with van der Waals surface area (Å²) < 4.78 is 1.81. The lowest BCUT2D eigenvalue weighted by atomic mass is 10.2. The van der Waals surface area contributed by atoms with Crippen molar-refractivity contribution < 1.29 is 0 Å². The highest BCUT2D eigenvalue weighted by Crippen LogP contribution is 2.29. The van der Waals surface area contributed by atoms with E-state index in [2.05, 4.69) is 16.9 Å². The number of hydrogen-bond acceptors (Lipinski definition) is 7. The number of unbranched alkanes of at least 4 members (excludes halogenated alkanes) is 1. The second-order valence-corrected chi connectivity index (χ2v) is 9.14. The van der Waals surface area contributed by atoms with Crippen molar-refractivity contribution in [1.82, 2.24) is 19.5 Å². The van der Waals surface area contributed by atoms with Crippen LogP contribution in [0.15, 0.2) is 34.2 Å². The molecule has 4 rings (SSSR count). The lowest BCUT2D eigenvalue weighted by Crippen LogP contribution is -2.23. The smallest absolute Gasteiger partial charge is 0.263 e. The minimum absolute atomic E-state index is 0.0479. The maximum Gasteiger partial charge on any atom is 0.263 e. The summed E-state index contributed by atoms with van der Waals surface area (Å²) in [4.78, 5) is 29.0. The lowest BCUT2D eigenvalue weighted by molar-refractivity contribution is 0.558. The molecule has 1 aromatic carbocycles. The molecule has 0 bridgehead atoms. The maximum atomic E-state index is 13.2. The fourth-order valence-corrected chi connectivity index (χ4v) is 5.23. The van der Waals surface area contributed by atoms with Crippen molar-refractivity contribution in [1.29, 1.82) is 0 Å². The van der Waals surface area contributed by atoms with Crippen molar-refractivity contribution in [3.63, 3.8) is 0 Å². The van der Waals surface area contributed by atoms with Gasteiger partial charge in [0.2, 0.25) is 0 Å². The topological polar surface area (TPSA) is 86.7 Å². The molecule has 4 aromatic rings. The van der Waals surface area contributed by atoms with Crippen LogP contribution >= 0.6 is 23.1 Å². The van der Waals surface area contributed by atoms with Gasteiger partial charge in [-0.05, 0) is 38.0 Å². The molecule has 0 saturated carbocycles. The molecule has 0 atom stereocenters. The number of para-hydroxylation sites is 1. The van der Waals surface area contributed by atoms with Gasteiger partial charge in [0.25, 0.3) is 5.56 Å². The number of fused-ring (bicyclic) bond motifs is 2. The van der Waals surface area contributed by atoms with Crippen molar-refractivity contribution >= 4 is 50.0 Å². The average Bonchev–Trinajstić information content (AvgIpc) is 2.99. The van der Waals surface area contributed by atoms with Crippen LogP contribution in [0.4, 0.5) is 5.82 Å². The van der Waals surface area contributed by atoms with E-state index in [1.807, 2.05) is 38.1 Å². The van der Waals surface area contributed by atoms with Crippen LogP contribution in [0.3, 0.4) is 0 Å². The Balaban J connectivity index is 1.72. The molecule has 0 aliphatic heterocycles. The van der Waals surface area contributed by atoms with Gasteiger partial charge in [0, 0.05) is 16.8 Å². The highest BCUT2D eigenvalue weighted by atomic mass is 32.2. The van der Waals surface area contributed by atoms with Gasteiger partial charge < -0.3 is 5.73 Å². The van der Waals surface area contributed by atoms with Gasteiger partial charge in [-0.25, -0.2) is 15.0 Å². The van der Waals surface area contributed by atoms with Crippen LogP contribution in [0, 0.1) is 13.8 Å². The molecule has 3 aromatic heterocycles. The number of nitrogen functional groups attached to an aromatic ring is 1. The molecule has 150 valence electrons. The molecular formula is C21H23N5OS2. The fraction of sp³-hybridized carbons (Fsp3) is 0.333. The van der Waals surface area contributed by atoms with Crippen LogP contribution in [-0.2, 0) is 12.3 Å². The second-order valence-electron chi connectivity index (χ2n) is 7.00. The normalized spacial score (nSPS) is 11.6. The van der Waals surface area contributed by atoms with Crippen LogP contribution in [0.25, 0.3) is 21.1 Å². The van der Waals surface area contributed by atoms with Crippen molar-refractivity contribution in [2.45, 2.75) is 51.1 Å². The summed E-state index contributed by atoms with van der Waals surface area (Å²) in [6.45, 7) is 6.82. The molecule has 29 heavy (non-hydrogen) atoms. The van der Waals surface area contributed by atoms with Crippen molar-refractivity contribution in [2.24, 2.45) is 0 Å². The van der Waals surface area contributed by atoms with Gasteiger partial charge in [0.1, 0.15) is 16.5 Å². The maximum absolute atomic E-state index is 13.2. The molecule has 0 unspecified atom stereocenters. The first-order valence-corrected chi connectivity index (χ1v) is 11.4. The van der Waals surface area contributed by atoms with E-state index in [0.29, 0.717) is 29.1 Å². The SMILES string of the molecule is CCCCn1c(SCc2nc(N)c3ccccc3n2)nc2sc(C)c(C)c2c1=O. The number of anilines is 1. The summed E-state index contributed by atoms with van der Waals surface area (Å²) >= 11 is 3.07. The summed E-state index contributed by atoms with van der Waals surface area (Å²) in [5.41, 5.74) is 8.02. The average molecular weight is 426 g/mol. The Hall–Kier alpha value is -2.45. The molecule has 0 aliphatic rings. The Kier molecular flexibility index (Phi) is 5.56. The number of hydrogen-bond donors (Lipinski definition) is 1. The molecule has 0 saturated heterocycles. The Morgan fingerprint density at radius 2 is 1.97 bits per heavy atom. The Morgan fingerprint density at radius 3 is 2.76 bits per heavy atom. The number of thiophene rings is 1. The standard InChI is InChI=1S/C21H23N5OS2/c1-4-5-10-26-20(27)17-12(2)13(3)29-19(17)25-21(26)28-11-16-23-15-9-7-6-8-14(15)18(22)24-16/h6-9H,4-5,10-11H2,1-3H3,(H2,22,23,24). The lowest BCUT2D eigenvalue weighted by Gasteiger charge is -2.12. The van der Waals surface area contributed by atoms with E-state index in [0.717, 1.165) is 44.4 Å². The van der Waals surface area contributed by atoms with Crippen LogP contribution in [0.2, 0.25) is 0 Å². The van der Waals surface area contributed by atoms with Crippen molar-refractivity contribution in [3.8, 4) is 0 Å². The van der Waals surface area contributed by atoms with E-state index in [9.17, 15) is 4.79 Å². The van der Waals surface area contributed by atoms with Gasteiger partial charge in [-0.1, -0.05) is 37.2 Å². The summed E-state index contributed by atoms with van der Waals surface area (Å²) in [5, 5.41) is 2.32. The van der Waals surface area contributed by atoms with E-state index in [4.69, 9.17) is 10.7 Å². The van der Waals surface area contributed by atoms with Gasteiger partial charge in [-0.3, -0.25) is 9.36 Å². The van der Waals surface area contributed by atoms with Crippen molar-refractivity contribution in [2.75, 3.05) is 5.73 Å². The molecule has 0 amide bonds. The number of rotatable bonds is 6. The molecule has 0 fully saturated rings. The van der Waals surface area contributed by atoms with Gasteiger partial charge >= 0.3 is 0 Å². The Labute approximate surface area is 177 Å². The van der Waals surface area contributed by atoms with Crippen LogP contribution in [0.5, 0.6) is 0 Å². The van der Waals surface area contributed by atoms with E-state index in [1.54, 1.807) is 15.9 Å². The highest BCUT2D eigenvalue weighted by Gasteiger charge is 2.17. The van der Waals surface area contributed by atoms with Crippen LogP contribution in [0.1, 0.15) is 36.0 Å². The molecule has 0 radical (unpaired) electrons. The second kappa shape index (κ2) is 8.12. The van der Waals surface area contributed by atoms with Gasteiger partial charge in [0.15, 0.2) is 5.16 Å². The minimum atomic E-state index is 0.0479. The van der Waals surface area contributed by atoms with E-state index >= 15 is 0 Å². The van der Waals surface area contributed by atoms with E-state index in [-0.39, 0.29) is 5.56 Å². The highest BCUT2D eigenvalue weighted by molar-refractivity contribution is 7.98. The summed E-state index contributed by atoms with van der Waals surface area (Å²) in [6.07, 6.45) is 1.95. The largest absolute Gasteiger partial charge is 0.383 e. The predicted molar refractivity (Wildman–Crippen MR) is 122 cm³/mol. The van der Waals surface area contributed by atoms with Crippen molar-refractivity contribution in [3.05, 3.63) is 50.9 Å². The molecule has 6 nitrogen and oxygen atoms in total. The molecule has 0 spiro atoms. The first-order valence-electron chi connectivity index (χ1n) is 9.64. The molecule has 3 heterocycles. The molecular weight excluding hydrogens is 402 g/mol. The molecule has 2 N–H and O–H groups in total. The van der Waals surface area contributed by atoms with Gasteiger partial charge in [0.05, 0.1) is 16.7 Å². The number of nitrogens with zero attached hydrogens (tertiary/aromatic N) is 4. The zero-order chi connectivity index (χ0) is 20.5. The monoisotopic (exact) mass is 425 g/mol. The zero-order valence-corrected chi connectivity index (χ0v) is 18.4. The summed E-state index contributed by atoms with van der Waals surface area (Å²) in [5.74, 6) is 1.62. The van der Waals surface area contributed by atoms with E-state index in [1.165, 1.54) is 11.8 Å². The first-order chi connectivity index (χ1) is 14.0. The minimum Gasteiger partial charge on any atom is -0.383 e. The van der Waals surface area contributed by atoms with E-state index < -0.39 is 0 Å². The summed E-state index contributed by atoms with van der Waals surface area (Å²) in [7, 11) is 0.